The quantitative estimate of drug-likeness (QED) is 0.829. The summed E-state index contributed by atoms with van der Waals surface area (Å²) in [4.78, 5) is 23.9. The fraction of sp³-hybridized carbons (Fsp3) is 0.524. The van der Waals surface area contributed by atoms with Gasteiger partial charge in [-0.15, -0.1) is 0 Å². The molecular formula is C21H27NO4. The van der Waals surface area contributed by atoms with Crippen molar-refractivity contribution in [1.29, 1.82) is 0 Å². The van der Waals surface area contributed by atoms with Gasteiger partial charge in [-0.1, -0.05) is 33.6 Å². The van der Waals surface area contributed by atoms with Crippen LogP contribution in [0.2, 0.25) is 0 Å². The van der Waals surface area contributed by atoms with Crippen LogP contribution in [0, 0.1) is 11.8 Å². The first-order valence-corrected chi connectivity index (χ1v) is 9.47. The van der Waals surface area contributed by atoms with E-state index in [1.54, 1.807) is 12.1 Å². The molecule has 140 valence electrons. The number of nitrogens with one attached hydrogen (secondary N) is 1. The summed E-state index contributed by atoms with van der Waals surface area (Å²) in [6.45, 7) is 6.40. The molecule has 1 amide bonds. The number of carbonyl (C=O) groups excluding carboxylic acids is 1. The van der Waals surface area contributed by atoms with Crippen LogP contribution in [-0.2, 0) is 11.2 Å². The summed E-state index contributed by atoms with van der Waals surface area (Å²) in [6.07, 6.45) is 4.16. The highest BCUT2D eigenvalue weighted by molar-refractivity contribution is 5.82. The van der Waals surface area contributed by atoms with E-state index in [-0.39, 0.29) is 24.2 Å². The zero-order chi connectivity index (χ0) is 18.7. The average molecular weight is 357 g/mol. The van der Waals surface area contributed by atoms with Crippen LogP contribution in [0.25, 0.3) is 11.0 Å². The third-order valence-electron chi connectivity index (χ3n) is 5.61. The summed E-state index contributed by atoms with van der Waals surface area (Å²) >= 11 is 0. The van der Waals surface area contributed by atoms with Crippen molar-refractivity contribution >= 4 is 16.9 Å². The first-order valence-electron chi connectivity index (χ1n) is 9.47. The Morgan fingerprint density at radius 1 is 1.27 bits per heavy atom. The van der Waals surface area contributed by atoms with Gasteiger partial charge in [0.1, 0.15) is 11.3 Å². The molecule has 26 heavy (non-hydrogen) atoms. The van der Waals surface area contributed by atoms with Gasteiger partial charge in [0.05, 0.1) is 0 Å². The minimum atomic E-state index is -0.371. The predicted octanol–water partition coefficient (Wildman–Crippen LogP) is 3.68. The number of aryl methyl sites for hydroxylation is 1. The first kappa shape index (κ1) is 18.5. The minimum absolute atomic E-state index is 0.0409. The molecule has 1 aliphatic carbocycles. The number of ether oxygens (including phenoxy) is 1. The second-order valence-corrected chi connectivity index (χ2v) is 7.33. The molecule has 3 unspecified atom stereocenters. The summed E-state index contributed by atoms with van der Waals surface area (Å²) in [5, 5.41) is 3.99. The van der Waals surface area contributed by atoms with Crippen LogP contribution in [0.3, 0.4) is 0 Å². The minimum Gasteiger partial charge on any atom is -0.484 e. The van der Waals surface area contributed by atoms with Gasteiger partial charge in [-0.25, -0.2) is 4.79 Å². The second kappa shape index (κ2) is 7.94. The monoisotopic (exact) mass is 357 g/mol. The fourth-order valence-corrected chi connectivity index (χ4v) is 3.78. The molecule has 0 spiro atoms. The van der Waals surface area contributed by atoms with Gasteiger partial charge in [0.15, 0.2) is 6.61 Å². The maximum atomic E-state index is 12.2. The van der Waals surface area contributed by atoms with E-state index < -0.39 is 0 Å². The summed E-state index contributed by atoms with van der Waals surface area (Å²) in [6, 6.07) is 7.09. The second-order valence-electron chi connectivity index (χ2n) is 7.33. The zero-order valence-electron chi connectivity index (χ0n) is 15.7. The Morgan fingerprint density at radius 3 is 2.85 bits per heavy atom. The number of amides is 1. The van der Waals surface area contributed by atoms with Gasteiger partial charge in [-0.3, -0.25) is 4.79 Å². The van der Waals surface area contributed by atoms with Gasteiger partial charge in [0, 0.05) is 23.6 Å². The van der Waals surface area contributed by atoms with Crippen molar-refractivity contribution in [3.63, 3.8) is 0 Å². The summed E-state index contributed by atoms with van der Waals surface area (Å²) in [5.74, 6) is 1.52. The summed E-state index contributed by atoms with van der Waals surface area (Å²) in [7, 11) is 0. The molecule has 5 nitrogen and oxygen atoms in total. The highest BCUT2D eigenvalue weighted by atomic mass is 16.5. The van der Waals surface area contributed by atoms with Crippen molar-refractivity contribution in [3.8, 4) is 5.75 Å². The Kier molecular flexibility index (Phi) is 5.64. The number of carbonyl (C=O) groups is 1. The zero-order valence-corrected chi connectivity index (χ0v) is 15.7. The molecular weight excluding hydrogens is 330 g/mol. The van der Waals surface area contributed by atoms with E-state index in [4.69, 9.17) is 9.15 Å². The van der Waals surface area contributed by atoms with Crippen LogP contribution in [0.4, 0.5) is 0 Å². The molecule has 3 atom stereocenters. The van der Waals surface area contributed by atoms with Crippen LogP contribution in [0.15, 0.2) is 33.5 Å². The van der Waals surface area contributed by atoms with Gasteiger partial charge in [-0.2, -0.15) is 0 Å². The first-order chi connectivity index (χ1) is 12.5. The molecule has 1 aromatic heterocycles. The normalized spacial score (nSPS) is 23.0. The lowest BCUT2D eigenvalue weighted by atomic mass is 9.78. The van der Waals surface area contributed by atoms with E-state index in [1.807, 2.05) is 13.0 Å². The van der Waals surface area contributed by atoms with Crippen molar-refractivity contribution < 1.29 is 13.9 Å². The highest BCUT2D eigenvalue weighted by Crippen LogP contribution is 2.29. The molecule has 1 fully saturated rings. The number of hydrogen-bond donors (Lipinski definition) is 1. The van der Waals surface area contributed by atoms with Gasteiger partial charge < -0.3 is 14.5 Å². The van der Waals surface area contributed by atoms with Gasteiger partial charge in [-0.05, 0) is 42.4 Å². The van der Waals surface area contributed by atoms with Crippen LogP contribution < -0.4 is 15.7 Å². The Bertz CT molecular complexity index is 842. The molecule has 1 saturated carbocycles. The fourth-order valence-electron chi connectivity index (χ4n) is 3.78. The van der Waals surface area contributed by atoms with Crippen molar-refractivity contribution in [2.45, 2.75) is 52.5 Å². The number of benzene rings is 1. The van der Waals surface area contributed by atoms with Crippen LogP contribution >= 0.6 is 0 Å². The summed E-state index contributed by atoms with van der Waals surface area (Å²) < 4.78 is 10.9. The van der Waals surface area contributed by atoms with E-state index in [2.05, 4.69) is 19.2 Å². The summed E-state index contributed by atoms with van der Waals surface area (Å²) in [5.41, 5.74) is 1.06. The molecule has 5 heteroatoms. The smallest absolute Gasteiger partial charge is 0.336 e. The lowest BCUT2D eigenvalue weighted by Crippen LogP contribution is -2.45. The number of hydrogen-bond acceptors (Lipinski definition) is 4. The molecule has 2 aromatic rings. The Labute approximate surface area is 153 Å². The topological polar surface area (TPSA) is 68.5 Å². The standard InChI is InChI=1S/C21H27NO4/c1-4-15-10-21(24)26-19-11-16(8-9-17(15)19)25-12-20(23)22-18-7-5-6-13(2)14(18)3/h8-11,13-14,18H,4-7,12H2,1-3H3,(H,22,23). The molecule has 0 radical (unpaired) electrons. The highest BCUT2D eigenvalue weighted by Gasteiger charge is 2.28. The van der Waals surface area contributed by atoms with Crippen LogP contribution in [0.5, 0.6) is 5.75 Å². The molecule has 3 rings (SSSR count). The van der Waals surface area contributed by atoms with E-state index in [0.29, 0.717) is 23.2 Å². The van der Waals surface area contributed by atoms with Gasteiger partial charge in [0.25, 0.3) is 5.91 Å². The molecule has 1 aliphatic rings. The van der Waals surface area contributed by atoms with Crippen molar-refractivity contribution in [2.75, 3.05) is 6.61 Å². The molecule has 1 N–H and O–H groups in total. The van der Waals surface area contributed by atoms with Crippen LogP contribution in [-0.4, -0.2) is 18.6 Å². The van der Waals surface area contributed by atoms with Crippen molar-refractivity contribution in [1.82, 2.24) is 5.32 Å². The van der Waals surface area contributed by atoms with Crippen molar-refractivity contribution in [2.24, 2.45) is 11.8 Å². The van der Waals surface area contributed by atoms with E-state index in [1.165, 1.54) is 12.5 Å². The number of fused-ring (bicyclic) bond motifs is 1. The van der Waals surface area contributed by atoms with Gasteiger partial charge in [0.2, 0.25) is 0 Å². The predicted molar refractivity (Wildman–Crippen MR) is 101 cm³/mol. The lowest BCUT2D eigenvalue weighted by Gasteiger charge is -2.34. The molecule has 0 bridgehead atoms. The Balaban J connectivity index is 1.64. The molecule has 1 heterocycles. The maximum absolute atomic E-state index is 12.2. The van der Waals surface area contributed by atoms with Crippen LogP contribution in [0.1, 0.15) is 45.6 Å². The molecule has 1 aromatic carbocycles. The third kappa shape index (κ3) is 4.09. The van der Waals surface area contributed by atoms with E-state index >= 15 is 0 Å². The average Bonchev–Trinajstić information content (AvgIpc) is 2.62. The largest absolute Gasteiger partial charge is 0.484 e. The third-order valence-corrected chi connectivity index (χ3v) is 5.61. The lowest BCUT2D eigenvalue weighted by molar-refractivity contribution is -0.124. The van der Waals surface area contributed by atoms with E-state index in [9.17, 15) is 9.59 Å². The maximum Gasteiger partial charge on any atom is 0.336 e. The SMILES string of the molecule is CCc1cc(=O)oc2cc(OCC(=O)NC3CCCC(C)C3C)ccc12. The van der Waals surface area contributed by atoms with Crippen molar-refractivity contribution in [3.05, 3.63) is 40.2 Å². The molecule has 0 aliphatic heterocycles. The Hall–Kier alpha value is -2.30. The van der Waals surface area contributed by atoms with E-state index in [0.717, 1.165) is 30.2 Å². The number of rotatable bonds is 5. The van der Waals surface area contributed by atoms with Gasteiger partial charge >= 0.3 is 5.63 Å². The Morgan fingerprint density at radius 2 is 2.08 bits per heavy atom. The molecule has 0 saturated heterocycles.